The molecule has 1 aromatic rings. The van der Waals surface area contributed by atoms with Gasteiger partial charge in [-0.05, 0) is 38.5 Å². The fraction of sp³-hybridized carbons (Fsp3) is 0.526. The van der Waals surface area contributed by atoms with Gasteiger partial charge in [-0.25, -0.2) is 8.42 Å². The molecule has 142 valence electrons. The summed E-state index contributed by atoms with van der Waals surface area (Å²) in [5.41, 5.74) is 2.29. The second kappa shape index (κ2) is 7.04. The monoisotopic (exact) mass is 378 g/mol. The Bertz CT molecular complexity index is 843. The molecule has 0 radical (unpaired) electrons. The molecule has 2 atom stereocenters. The first-order valence-corrected chi connectivity index (χ1v) is 10.7. The molecule has 2 saturated heterocycles. The summed E-state index contributed by atoms with van der Waals surface area (Å²) in [5.74, 6) is -0.282. The fourth-order valence-corrected chi connectivity index (χ4v) is 5.79. The Morgan fingerprint density at radius 2 is 1.92 bits per heavy atom. The molecule has 1 amide bonds. The lowest BCUT2D eigenvalue weighted by Crippen LogP contribution is -2.60. The zero-order chi connectivity index (χ0) is 19.1. The van der Waals surface area contributed by atoms with Crippen molar-refractivity contribution in [2.75, 3.05) is 31.1 Å². The molecule has 26 heavy (non-hydrogen) atoms. The number of phenolic OH excluding ortho intramolecular Hbond substituents is 1. The number of hydrogen-bond acceptors (Lipinski definition) is 5. The summed E-state index contributed by atoms with van der Waals surface area (Å²) in [4.78, 5) is 16.8. The zero-order valence-corrected chi connectivity index (χ0v) is 16.3. The van der Waals surface area contributed by atoms with Gasteiger partial charge in [-0.15, -0.1) is 0 Å². The first-order valence-electron chi connectivity index (χ1n) is 8.86. The number of benzene rings is 1. The van der Waals surface area contributed by atoms with Crippen LogP contribution in [0.2, 0.25) is 0 Å². The molecule has 0 saturated carbocycles. The molecule has 2 fully saturated rings. The van der Waals surface area contributed by atoms with Gasteiger partial charge in [0.1, 0.15) is 5.75 Å². The first-order chi connectivity index (χ1) is 12.2. The number of nitrogens with zero attached hydrogens (tertiary/aromatic N) is 2. The van der Waals surface area contributed by atoms with Crippen LogP contribution in [0.15, 0.2) is 29.8 Å². The predicted octanol–water partition coefficient (Wildman–Crippen LogP) is 1.59. The zero-order valence-electron chi connectivity index (χ0n) is 15.5. The average Bonchev–Trinajstić information content (AvgIpc) is 2.87. The lowest BCUT2D eigenvalue weighted by Gasteiger charge is -2.43. The maximum absolute atomic E-state index is 13.0. The molecule has 1 N–H and O–H groups in total. The van der Waals surface area contributed by atoms with Crippen molar-refractivity contribution in [3.05, 3.63) is 41.0 Å². The second-order valence-electron chi connectivity index (χ2n) is 7.51. The Kier molecular flexibility index (Phi) is 5.12. The van der Waals surface area contributed by atoms with Gasteiger partial charge in [-0.1, -0.05) is 17.7 Å². The maximum atomic E-state index is 13.0. The average molecular weight is 378 g/mol. The minimum absolute atomic E-state index is 0.0125. The number of phenols is 1. The number of rotatable bonds is 3. The minimum atomic E-state index is -3.18. The summed E-state index contributed by atoms with van der Waals surface area (Å²) in [7, 11) is -3.18. The summed E-state index contributed by atoms with van der Waals surface area (Å²) in [6, 6.07) is 4.39. The summed E-state index contributed by atoms with van der Waals surface area (Å²) < 4.78 is 24.5. The Hall–Kier alpha value is -1.86. The van der Waals surface area contributed by atoms with Crippen LogP contribution in [0.4, 0.5) is 0 Å². The SMILES string of the molecule is CC(C)=CCN1CCN(C(=O)c2ccc(C)cc2O)[C@@H]2CS(=O)(=O)C[C@@H]21. The Balaban J connectivity index is 1.88. The van der Waals surface area contributed by atoms with E-state index in [-0.39, 0.29) is 40.8 Å². The van der Waals surface area contributed by atoms with E-state index in [0.717, 1.165) is 5.56 Å². The minimum Gasteiger partial charge on any atom is -0.507 e. The molecule has 0 aromatic heterocycles. The third-order valence-corrected chi connectivity index (χ3v) is 6.87. The van der Waals surface area contributed by atoms with E-state index in [1.54, 1.807) is 23.1 Å². The van der Waals surface area contributed by atoms with Crippen molar-refractivity contribution in [1.82, 2.24) is 9.80 Å². The maximum Gasteiger partial charge on any atom is 0.257 e. The van der Waals surface area contributed by atoms with Crippen molar-refractivity contribution in [1.29, 1.82) is 0 Å². The Morgan fingerprint density at radius 1 is 1.23 bits per heavy atom. The molecule has 2 aliphatic heterocycles. The normalized spacial score (nSPS) is 25.0. The van der Waals surface area contributed by atoms with Gasteiger partial charge >= 0.3 is 0 Å². The number of aryl methyl sites for hydroxylation is 1. The van der Waals surface area contributed by atoms with Crippen molar-refractivity contribution in [3.63, 3.8) is 0 Å². The number of piperazine rings is 1. The van der Waals surface area contributed by atoms with Crippen LogP contribution < -0.4 is 0 Å². The molecule has 2 heterocycles. The lowest BCUT2D eigenvalue weighted by atomic mass is 10.0. The van der Waals surface area contributed by atoms with Crippen LogP contribution in [0.5, 0.6) is 5.75 Å². The smallest absolute Gasteiger partial charge is 0.257 e. The highest BCUT2D eigenvalue weighted by atomic mass is 32.2. The van der Waals surface area contributed by atoms with E-state index in [2.05, 4.69) is 11.0 Å². The molecule has 0 spiro atoms. The summed E-state index contributed by atoms with van der Waals surface area (Å²) >= 11 is 0. The van der Waals surface area contributed by atoms with Crippen molar-refractivity contribution in [2.45, 2.75) is 32.9 Å². The molecule has 0 bridgehead atoms. The molecule has 6 nitrogen and oxygen atoms in total. The standard InChI is InChI=1S/C19H26N2O4S/c1-13(2)6-7-20-8-9-21(17-12-26(24,25)11-16(17)20)19(23)15-5-4-14(3)10-18(15)22/h4-6,10,16-17,22H,7-9,11-12H2,1-3H3/t16-,17+/m0/s1. The highest BCUT2D eigenvalue weighted by molar-refractivity contribution is 7.91. The van der Waals surface area contributed by atoms with Crippen molar-refractivity contribution in [2.24, 2.45) is 0 Å². The molecule has 0 aliphatic carbocycles. The van der Waals surface area contributed by atoms with Gasteiger partial charge < -0.3 is 10.0 Å². The number of allylic oxidation sites excluding steroid dienone is 1. The van der Waals surface area contributed by atoms with Crippen LogP contribution in [0.25, 0.3) is 0 Å². The number of carbonyl (C=O) groups is 1. The number of fused-ring (bicyclic) bond motifs is 1. The number of carbonyl (C=O) groups excluding carboxylic acids is 1. The van der Waals surface area contributed by atoms with Crippen molar-refractivity contribution < 1.29 is 18.3 Å². The summed E-state index contributed by atoms with van der Waals surface area (Å²) in [6.45, 7) is 7.65. The van der Waals surface area contributed by atoms with Crippen molar-refractivity contribution >= 4 is 15.7 Å². The quantitative estimate of drug-likeness (QED) is 0.808. The van der Waals surface area contributed by atoms with E-state index in [1.807, 2.05) is 20.8 Å². The lowest BCUT2D eigenvalue weighted by molar-refractivity contribution is 0.0366. The highest BCUT2D eigenvalue weighted by Crippen LogP contribution is 2.30. The molecular weight excluding hydrogens is 352 g/mol. The van der Waals surface area contributed by atoms with Gasteiger partial charge in [0, 0.05) is 25.7 Å². The van der Waals surface area contributed by atoms with E-state index < -0.39 is 9.84 Å². The van der Waals surface area contributed by atoms with Crippen LogP contribution in [-0.4, -0.2) is 72.5 Å². The Morgan fingerprint density at radius 3 is 2.58 bits per heavy atom. The van der Waals surface area contributed by atoms with Gasteiger partial charge in [-0.3, -0.25) is 9.69 Å². The van der Waals surface area contributed by atoms with Gasteiger partial charge in [-0.2, -0.15) is 0 Å². The highest BCUT2D eigenvalue weighted by Gasteiger charge is 2.48. The molecule has 0 unspecified atom stereocenters. The van der Waals surface area contributed by atoms with Crippen LogP contribution in [0, 0.1) is 6.92 Å². The molecule has 3 rings (SSSR count). The van der Waals surface area contributed by atoms with Crippen LogP contribution in [0.1, 0.15) is 29.8 Å². The van der Waals surface area contributed by atoms with Crippen LogP contribution in [0.3, 0.4) is 0 Å². The summed E-state index contributed by atoms with van der Waals surface area (Å²) in [5, 5.41) is 10.1. The number of aromatic hydroxyl groups is 1. The van der Waals surface area contributed by atoms with Gasteiger partial charge in [0.25, 0.3) is 5.91 Å². The third kappa shape index (κ3) is 3.78. The second-order valence-corrected chi connectivity index (χ2v) is 9.66. The van der Waals surface area contributed by atoms with Crippen LogP contribution >= 0.6 is 0 Å². The van der Waals surface area contributed by atoms with E-state index in [4.69, 9.17) is 0 Å². The van der Waals surface area contributed by atoms with Crippen LogP contribution in [-0.2, 0) is 9.84 Å². The van der Waals surface area contributed by atoms with Gasteiger partial charge in [0.2, 0.25) is 0 Å². The van der Waals surface area contributed by atoms with E-state index in [9.17, 15) is 18.3 Å². The Labute approximate surface area is 155 Å². The number of amides is 1. The van der Waals surface area contributed by atoms with Gasteiger partial charge in [0.15, 0.2) is 9.84 Å². The third-order valence-electron chi connectivity index (χ3n) is 5.17. The fourth-order valence-electron chi connectivity index (χ4n) is 3.78. The predicted molar refractivity (Wildman–Crippen MR) is 101 cm³/mol. The molecule has 2 aliphatic rings. The van der Waals surface area contributed by atoms with E-state index in [1.165, 1.54) is 5.57 Å². The van der Waals surface area contributed by atoms with E-state index >= 15 is 0 Å². The number of sulfone groups is 1. The summed E-state index contributed by atoms with van der Waals surface area (Å²) in [6.07, 6.45) is 2.09. The number of hydrogen-bond donors (Lipinski definition) is 1. The van der Waals surface area contributed by atoms with E-state index in [0.29, 0.717) is 19.6 Å². The van der Waals surface area contributed by atoms with Crippen molar-refractivity contribution in [3.8, 4) is 5.75 Å². The largest absolute Gasteiger partial charge is 0.507 e. The topological polar surface area (TPSA) is 77.9 Å². The first kappa shape index (κ1) is 18.9. The molecule has 7 heteroatoms. The van der Waals surface area contributed by atoms with Gasteiger partial charge in [0.05, 0.1) is 23.1 Å². The molecular formula is C19H26N2O4S. The molecule has 1 aromatic carbocycles.